The number of hydrazone groups is 1. The summed E-state index contributed by atoms with van der Waals surface area (Å²) in [6, 6.07) is 23.4. The standard InChI is InChI=1S/C34H39N5O/c1-24-21-31-30(23-28(24)16-13-25-9-5-3-6-10-25)33(27-11-7-4-8-12-27)37-38(2)34(40)39(31)29-17-14-26(15-18-29)22-32-35-19-20-36-32/h3,5-6,9-10,14-15,17-18,21,23,27H,4,7-8,11-13,16,19-20,22H2,1-2H3,(H,35,36). The van der Waals surface area contributed by atoms with Crippen LogP contribution in [-0.2, 0) is 19.3 Å². The Morgan fingerprint density at radius 3 is 2.42 bits per heavy atom. The number of urea groups is 1. The van der Waals surface area contributed by atoms with E-state index in [1.807, 2.05) is 4.90 Å². The van der Waals surface area contributed by atoms with E-state index in [0.717, 1.165) is 73.7 Å². The second-order valence-corrected chi connectivity index (χ2v) is 11.3. The average Bonchev–Trinajstić information content (AvgIpc) is 3.47. The Labute approximate surface area is 237 Å². The molecule has 6 rings (SSSR count). The molecule has 0 unspecified atom stereocenters. The minimum absolute atomic E-state index is 0.127. The fraction of sp³-hybridized carbons (Fsp3) is 0.382. The van der Waals surface area contributed by atoms with Gasteiger partial charge in [-0.25, -0.2) is 9.80 Å². The first-order chi connectivity index (χ1) is 19.6. The number of hydrogen-bond acceptors (Lipinski definition) is 4. The molecule has 2 heterocycles. The number of hydrogen-bond donors (Lipinski definition) is 1. The Balaban J connectivity index is 1.39. The number of carbonyl (C=O) groups is 1. The van der Waals surface area contributed by atoms with Gasteiger partial charge in [0.1, 0.15) is 5.84 Å². The molecule has 0 spiro atoms. The van der Waals surface area contributed by atoms with E-state index in [1.165, 1.54) is 41.5 Å². The number of anilines is 2. The normalized spacial score (nSPS) is 17.7. The molecule has 40 heavy (non-hydrogen) atoms. The molecule has 0 saturated heterocycles. The van der Waals surface area contributed by atoms with Crippen molar-refractivity contribution in [1.29, 1.82) is 0 Å². The molecule has 3 aromatic rings. The van der Waals surface area contributed by atoms with Gasteiger partial charge in [-0.05, 0) is 79.1 Å². The molecule has 3 aliphatic rings. The van der Waals surface area contributed by atoms with Crippen molar-refractivity contribution in [2.24, 2.45) is 16.0 Å². The van der Waals surface area contributed by atoms with Gasteiger partial charge in [0.2, 0.25) is 0 Å². The van der Waals surface area contributed by atoms with E-state index >= 15 is 0 Å². The molecule has 1 saturated carbocycles. The first kappa shape index (κ1) is 26.3. The van der Waals surface area contributed by atoms with Gasteiger partial charge < -0.3 is 5.32 Å². The Morgan fingerprint density at radius 2 is 1.70 bits per heavy atom. The maximum Gasteiger partial charge on any atom is 0.349 e. The van der Waals surface area contributed by atoms with Gasteiger partial charge in [0.25, 0.3) is 0 Å². The summed E-state index contributed by atoms with van der Waals surface area (Å²) >= 11 is 0. The van der Waals surface area contributed by atoms with E-state index in [9.17, 15) is 4.79 Å². The van der Waals surface area contributed by atoms with E-state index < -0.39 is 0 Å². The van der Waals surface area contributed by atoms with Crippen LogP contribution in [0.5, 0.6) is 0 Å². The molecular formula is C34H39N5O. The number of amides is 2. The van der Waals surface area contributed by atoms with Crippen molar-refractivity contribution in [2.45, 2.75) is 58.3 Å². The zero-order chi connectivity index (χ0) is 27.5. The summed E-state index contributed by atoms with van der Waals surface area (Å²) in [5.74, 6) is 1.40. The number of nitrogens with zero attached hydrogens (tertiary/aromatic N) is 4. The first-order valence-corrected chi connectivity index (χ1v) is 14.8. The molecule has 1 N–H and O–H groups in total. The third-order valence-corrected chi connectivity index (χ3v) is 8.52. The van der Waals surface area contributed by atoms with Gasteiger partial charge in [-0.1, -0.05) is 61.7 Å². The average molecular weight is 534 g/mol. The fourth-order valence-electron chi connectivity index (χ4n) is 6.28. The number of carbonyl (C=O) groups excluding carboxylic acids is 1. The maximum atomic E-state index is 13.9. The Kier molecular flexibility index (Phi) is 7.67. The molecule has 2 amide bonds. The fourth-order valence-corrected chi connectivity index (χ4v) is 6.28. The summed E-state index contributed by atoms with van der Waals surface area (Å²) in [7, 11) is 1.80. The van der Waals surface area contributed by atoms with E-state index in [0.29, 0.717) is 5.92 Å². The number of fused-ring (bicyclic) bond motifs is 1. The summed E-state index contributed by atoms with van der Waals surface area (Å²) in [4.78, 5) is 20.3. The highest BCUT2D eigenvalue weighted by Gasteiger charge is 2.33. The SMILES string of the molecule is Cc1cc2c(cc1CCc1ccccc1)C(C1CCCCC1)=NN(C)C(=O)N2c1ccc(CC2=NCCN2)cc1. The van der Waals surface area contributed by atoms with Gasteiger partial charge in [-0.2, -0.15) is 5.10 Å². The lowest BCUT2D eigenvalue weighted by Crippen LogP contribution is -2.34. The zero-order valence-corrected chi connectivity index (χ0v) is 23.7. The topological polar surface area (TPSA) is 60.3 Å². The quantitative estimate of drug-likeness (QED) is 0.363. The Hall–Kier alpha value is -3.93. The number of benzene rings is 3. The molecule has 0 radical (unpaired) electrons. The monoisotopic (exact) mass is 533 g/mol. The molecule has 1 fully saturated rings. The molecule has 0 aromatic heterocycles. The number of amidine groups is 1. The lowest BCUT2D eigenvalue weighted by atomic mass is 9.82. The van der Waals surface area contributed by atoms with Gasteiger partial charge in [0.05, 0.1) is 23.6 Å². The first-order valence-electron chi connectivity index (χ1n) is 14.8. The van der Waals surface area contributed by atoms with Crippen LogP contribution in [-0.4, -0.2) is 42.7 Å². The summed E-state index contributed by atoms with van der Waals surface area (Å²) in [6.45, 7) is 3.93. The van der Waals surface area contributed by atoms with Gasteiger partial charge in [-0.3, -0.25) is 9.89 Å². The van der Waals surface area contributed by atoms with Crippen molar-refractivity contribution in [1.82, 2.24) is 10.3 Å². The minimum atomic E-state index is -0.127. The summed E-state index contributed by atoms with van der Waals surface area (Å²) in [5, 5.41) is 9.91. The molecule has 6 nitrogen and oxygen atoms in total. The maximum absolute atomic E-state index is 13.9. The Bertz CT molecular complexity index is 1420. The zero-order valence-electron chi connectivity index (χ0n) is 23.7. The molecule has 6 heteroatoms. The van der Waals surface area contributed by atoms with Crippen molar-refractivity contribution in [3.05, 3.63) is 94.5 Å². The predicted molar refractivity (Wildman–Crippen MR) is 164 cm³/mol. The molecule has 0 atom stereocenters. The summed E-state index contributed by atoms with van der Waals surface area (Å²) in [5.41, 5.74) is 9.02. The van der Waals surface area contributed by atoms with Gasteiger partial charge in [-0.15, -0.1) is 0 Å². The van der Waals surface area contributed by atoms with E-state index in [-0.39, 0.29) is 6.03 Å². The molecular weight excluding hydrogens is 494 g/mol. The van der Waals surface area contributed by atoms with Gasteiger partial charge >= 0.3 is 6.03 Å². The van der Waals surface area contributed by atoms with Crippen molar-refractivity contribution >= 4 is 29.0 Å². The minimum Gasteiger partial charge on any atom is -0.372 e. The highest BCUT2D eigenvalue weighted by atomic mass is 16.2. The molecule has 3 aromatic carbocycles. The van der Waals surface area contributed by atoms with Gasteiger partial charge in [0.15, 0.2) is 0 Å². The van der Waals surface area contributed by atoms with Crippen LogP contribution in [0.2, 0.25) is 0 Å². The van der Waals surface area contributed by atoms with Crippen LogP contribution in [0.1, 0.15) is 59.9 Å². The molecule has 0 bridgehead atoms. The second-order valence-electron chi connectivity index (χ2n) is 11.3. The van der Waals surface area contributed by atoms with E-state index in [4.69, 9.17) is 5.10 Å². The van der Waals surface area contributed by atoms with Crippen molar-refractivity contribution in [3.63, 3.8) is 0 Å². The van der Waals surface area contributed by atoms with Crippen LogP contribution in [0.4, 0.5) is 16.2 Å². The smallest absolute Gasteiger partial charge is 0.349 e. The summed E-state index contributed by atoms with van der Waals surface area (Å²) < 4.78 is 0. The van der Waals surface area contributed by atoms with Gasteiger partial charge in [0, 0.05) is 31.5 Å². The number of aliphatic imine (C=N–C) groups is 1. The van der Waals surface area contributed by atoms with Crippen LogP contribution < -0.4 is 10.2 Å². The van der Waals surface area contributed by atoms with Crippen LogP contribution in [0.25, 0.3) is 0 Å². The third-order valence-electron chi connectivity index (χ3n) is 8.52. The van der Waals surface area contributed by atoms with Crippen molar-refractivity contribution < 1.29 is 4.79 Å². The lowest BCUT2D eigenvalue weighted by molar-refractivity contribution is 0.220. The van der Waals surface area contributed by atoms with Crippen LogP contribution in [0, 0.1) is 12.8 Å². The Morgan fingerprint density at radius 1 is 0.925 bits per heavy atom. The summed E-state index contributed by atoms with van der Waals surface area (Å²) in [6.07, 6.45) is 8.69. The highest BCUT2D eigenvalue weighted by molar-refractivity contribution is 6.14. The van der Waals surface area contributed by atoms with Crippen LogP contribution in [0.15, 0.2) is 76.8 Å². The largest absolute Gasteiger partial charge is 0.372 e. The van der Waals surface area contributed by atoms with E-state index in [1.54, 1.807) is 12.1 Å². The molecule has 206 valence electrons. The highest BCUT2D eigenvalue weighted by Crippen LogP contribution is 2.39. The predicted octanol–water partition coefficient (Wildman–Crippen LogP) is 6.81. The molecule has 2 aliphatic heterocycles. The van der Waals surface area contributed by atoms with Crippen LogP contribution in [0.3, 0.4) is 0 Å². The van der Waals surface area contributed by atoms with Crippen molar-refractivity contribution in [3.8, 4) is 0 Å². The van der Waals surface area contributed by atoms with Crippen molar-refractivity contribution in [2.75, 3.05) is 25.0 Å². The third kappa shape index (κ3) is 5.53. The molecule has 1 aliphatic carbocycles. The number of rotatable bonds is 7. The van der Waals surface area contributed by atoms with E-state index in [2.05, 4.69) is 84.0 Å². The number of aryl methyl sites for hydroxylation is 3. The van der Waals surface area contributed by atoms with Crippen LogP contribution >= 0.6 is 0 Å². The lowest BCUT2D eigenvalue weighted by Gasteiger charge is -2.27. The second kappa shape index (κ2) is 11.7. The number of nitrogens with one attached hydrogen (secondary N) is 1.